The molecule has 5 atom stereocenters. The predicted octanol–water partition coefficient (Wildman–Crippen LogP) is -0.997. The Bertz CT molecular complexity index is 384. The second kappa shape index (κ2) is 6.42. The molecule has 1 aliphatic heterocycles. The van der Waals surface area contributed by atoms with Crippen LogP contribution in [0.15, 0.2) is 30.3 Å². The smallest absolute Gasteiger partial charge is 0.184 e. The lowest BCUT2D eigenvalue weighted by atomic mass is 9.99. The summed E-state index contributed by atoms with van der Waals surface area (Å²) >= 11 is 0. The zero-order chi connectivity index (χ0) is 13.8. The summed E-state index contributed by atoms with van der Waals surface area (Å²) in [7, 11) is 0. The SMILES string of the molecule is OC[C@H]1O[C@@H](O)[C@@H](O)[C@@H](OCc2ccccc2)[C@@H]1O. The molecule has 19 heavy (non-hydrogen) atoms. The molecule has 0 amide bonds. The molecular formula is C13H18O6. The highest BCUT2D eigenvalue weighted by Gasteiger charge is 2.44. The highest BCUT2D eigenvalue weighted by Crippen LogP contribution is 2.23. The largest absolute Gasteiger partial charge is 0.394 e. The van der Waals surface area contributed by atoms with E-state index in [-0.39, 0.29) is 6.61 Å². The Kier molecular flexibility index (Phi) is 4.87. The molecule has 1 saturated heterocycles. The Morgan fingerprint density at radius 2 is 1.74 bits per heavy atom. The van der Waals surface area contributed by atoms with E-state index < -0.39 is 37.3 Å². The Morgan fingerprint density at radius 3 is 2.37 bits per heavy atom. The van der Waals surface area contributed by atoms with Gasteiger partial charge in [-0.1, -0.05) is 30.3 Å². The van der Waals surface area contributed by atoms with Crippen LogP contribution in [0, 0.1) is 0 Å². The fourth-order valence-corrected chi connectivity index (χ4v) is 2.03. The average molecular weight is 270 g/mol. The third-order valence-electron chi connectivity index (χ3n) is 3.13. The lowest BCUT2D eigenvalue weighted by molar-refractivity contribution is -0.296. The van der Waals surface area contributed by atoms with Gasteiger partial charge in [0.25, 0.3) is 0 Å². The van der Waals surface area contributed by atoms with Crippen LogP contribution in [-0.2, 0) is 16.1 Å². The number of aliphatic hydroxyl groups is 4. The maximum absolute atomic E-state index is 9.91. The van der Waals surface area contributed by atoms with E-state index in [2.05, 4.69) is 0 Å². The van der Waals surface area contributed by atoms with Crippen molar-refractivity contribution in [3.63, 3.8) is 0 Å². The van der Waals surface area contributed by atoms with Gasteiger partial charge in [0.2, 0.25) is 0 Å². The van der Waals surface area contributed by atoms with Crippen molar-refractivity contribution in [1.29, 1.82) is 0 Å². The van der Waals surface area contributed by atoms with Crippen LogP contribution in [-0.4, -0.2) is 57.7 Å². The van der Waals surface area contributed by atoms with Gasteiger partial charge in [0.05, 0.1) is 13.2 Å². The second-order valence-electron chi connectivity index (χ2n) is 4.49. The van der Waals surface area contributed by atoms with E-state index in [0.717, 1.165) is 5.56 Å². The molecule has 0 radical (unpaired) electrons. The molecule has 0 spiro atoms. The summed E-state index contributed by atoms with van der Waals surface area (Å²) in [4.78, 5) is 0. The summed E-state index contributed by atoms with van der Waals surface area (Å²) in [6.07, 6.45) is -6.03. The molecule has 1 aliphatic rings. The zero-order valence-electron chi connectivity index (χ0n) is 10.3. The second-order valence-corrected chi connectivity index (χ2v) is 4.49. The van der Waals surface area contributed by atoms with Gasteiger partial charge in [0, 0.05) is 0 Å². The molecule has 0 saturated carbocycles. The number of benzene rings is 1. The molecule has 0 unspecified atom stereocenters. The third-order valence-corrected chi connectivity index (χ3v) is 3.13. The Hall–Kier alpha value is -1.02. The van der Waals surface area contributed by atoms with Crippen molar-refractivity contribution in [2.75, 3.05) is 6.61 Å². The van der Waals surface area contributed by atoms with Crippen molar-refractivity contribution >= 4 is 0 Å². The Labute approximate surface area is 110 Å². The molecule has 1 aromatic rings. The lowest BCUT2D eigenvalue weighted by Crippen LogP contribution is -2.59. The van der Waals surface area contributed by atoms with Gasteiger partial charge in [-0.05, 0) is 5.56 Å². The number of hydrogen-bond acceptors (Lipinski definition) is 6. The fraction of sp³-hybridized carbons (Fsp3) is 0.538. The van der Waals surface area contributed by atoms with Crippen LogP contribution in [0.5, 0.6) is 0 Å². The van der Waals surface area contributed by atoms with Gasteiger partial charge in [0.1, 0.15) is 24.4 Å². The van der Waals surface area contributed by atoms with Crippen LogP contribution in [0.3, 0.4) is 0 Å². The average Bonchev–Trinajstić information content (AvgIpc) is 2.44. The molecule has 6 nitrogen and oxygen atoms in total. The highest BCUT2D eigenvalue weighted by atomic mass is 16.6. The maximum atomic E-state index is 9.91. The van der Waals surface area contributed by atoms with Crippen LogP contribution in [0.25, 0.3) is 0 Å². The topological polar surface area (TPSA) is 99.4 Å². The number of hydrogen-bond donors (Lipinski definition) is 4. The fourth-order valence-electron chi connectivity index (χ4n) is 2.03. The van der Waals surface area contributed by atoms with Gasteiger partial charge in [0.15, 0.2) is 6.29 Å². The first kappa shape index (κ1) is 14.4. The summed E-state index contributed by atoms with van der Waals surface area (Å²) in [5.74, 6) is 0. The first-order valence-electron chi connectivity index (χ1n) is 6.09. The molecule has 1 aromatic carbocycles. The van der Waals surface area contributed by atoms with Crippen LogP contribution in [0.4, 0.5) is 0 Å². The minimum atomic E-state index is -1.48. The summed E-state index contributed by atoms with van der Waals surface area (Å²) in [5, 5.41) is 38.2. The zero-order valence-corrected chi connectivity index (χ0v) is 10.3. The minimum absolute atomic E-state index is 0.185. The van der Waals surface area contributed by atoms with E-state index in [1.54, 1.807) is 0 Å². The monoisotopic (exact) mass is 270 g/mol. The molecule has 4 N–H and O–H groups in total. The number of rotatable bonds is 4. The summed E-state index contributed by atoms with van der Waals surface area (Å²) in [5.41, 5.74) is 0.878. The Morgan fingerprint density at radius 1 is 1.05 bits per heavy atom. The quantitative estimate of drug-likeness (QED) is 0.560. The summed E-state index contributed by atoms with van der Waals surface area (Å²) < 4.78 is 10.3. The van der Waals surface area contributed by atoms with Crippen molar-refractivity contribution in [1.82, 2.24) is 0 Å². The number of ether oxygens (including phenoxy) is 2. The van der Waals surface area contributed by atoms with Crippen molar-refractivity contribution in [3.8, 4) is 0 Å². The van der Waals surface area contributed by atoms with Gasteiger partial charge in [-0.25, -0.2) is 0 Å². The van der Waals surface area contributed by atoms with Gasteiger partial charge < -0.3 is 29.9 Å². The van der Waals surface area contributed by atoms with E-state index in [4.69, 9.17) is 14.6 Å². The standard InChI is InChI=1S/C13H18O6/c14-6-9-10(15)12(11(16)13(17)19-9)18-7-8-4-2-1-3-5-8/h1-5,9-17H,6-7H2/t9-,10-,11+,12+,13-/m1/s1. The van der Waals surface area contributed by atoms with Crippen LogP contribution in [0.1, 0.15) is 5.56 Å². The van der Waals surface area contributed by atoms with Gasteiger partial charge >= 0.3 is 0 Å². The molecule has 0 aromatic heterocycles. The van der Waals surface area contributed by atoms with E-state index in [1.165, 1.54) is 0 Å². The van der Waals surface area contributed by atoms with Crippen molar-refractivity contribution < 1.29 is 29.9 Å². The van der Waals surface area contributed by atoms with E-state index >= 15 is 0 Å². The van der Waals surface area contributed by atoms with Gasteiger partial charge in [-0.2, -0.15) is 0 Å². The van der Waals surface area contributed by atoms with E-state index in [1.807, 2.05) is 30.3 Å². The molecule has 0 aliphatic carbocycles. The highest BCUT2D eigenvalue weighted by molar-refractivity contribution is 5.13. The van der Waals surface area contributed by atoms with Crippen LogP contribution < -0.4 is 0 Å². The maximum Gasteiger partial charge on any atom is 0.184 e. The first-order chi connectivity index (χ1) is 9.13. The van der Waals surface area contributed by atoms with Gasteiger partial charge in [-0.15, -0.1) is 0 Å². The van der Waals surface area contributed by atoms with Crippen molar-refractivity contribution in [2.45, 2.75) is 37.3 Å². The summed E-state index contributed by atoms with van der Waals surface area (Å²) in [6, 6.07) is 9.26. The third kappa shape index (κ3) is 3.30. The van der Waals surface area contributed by atoms with Crippen LogP contribution in [0.2, 0.25) is 0 Å². The molecule has 0 bridgehead atoms. The molecule has 6 heteroatoms. The molecule has 1 heterocycles. The predicted molar refractivity (Wildman–Crippen MR) is 65.0 cm³/mol. The number of aliphatic hydroxyl groups excluding tert-OH is 4. The molecule has 106 valence electrons. The van der Waals surface area contributed by atoms with Crippen molar-refractivity contribution in [3.05, 3.63) is 35.9 Å². The van der Waals surface area contributed by atoms with Gasteiger partial charge in [-0.3, -0.25) is 0 Å². The lowest BCUT2D eigenvalue weighted by Gasteiger charge is -2.39. The molecule has 1 fully saturated rings. The normalized spacial score (nSPS) is 35.3. The molecular weight excluding hydrogens is 252 g/mol. The van der Waals surface area contributed by atoms with E-state index in [9.17, 15) is 15.3 Å². The van der Waals surface area contributed by atoms with E-state index in [0.29, 0.717) is 0 Å². The van der Waals surface area contributed by atoms with Crippen molar-refractivity contribution in [2.24, 2.45) is 0 Å². The Balaban J connectivity index is 2.00. The first-order valence-corrected chi connectivity index (χ1v) is 6.09. The summed E-state index contributed by atoms with van der Waals surface area (Å²) in [6.45, 7) is -0.277. The van der Waals surface area contributed by atoms with Crippen LogP contribution >= 0.6 is 0 Å². The molecule has 2 rings (SSSR count). The minimum Gasteiger partial charge on any atom is -0.394 e.